The Hall–Kier alpha value is -2.11. The van der Waals surface area contributed by atoms with Gasteiger partial charge in [-0.1, -0.05) is 29.8 Å². The lowest BCUT2D eigenvalue weighted by atomic mass is 10.1. The molecule has 0 aliphatic rings. The van der Waals surface area contributed by atoms with Crippen molar-refractivity contribution in [1.82, 2.24) is 4.57 Å². The van der Waals surface area contributed by atoms with Gasteiger partial charge in [0.15, 0.2) is 4.80 Å². The topological polar surface area (TPSA) is 34.4 Å². The molecule has 0 aliphatic heterocycles. The van der Waals surface area contributed by atoms with Crippen LogP contribution < -0.4 is 4.80 Å². The molecule has 2 aromatic carbocycles. The van der Waals surface area contributed by atoms with Crippen LogP contribution in [0.4, 0.5) is 0 Å². The van der Waals surface area contributed by atoms with Crippen LogP contribution in [0.25, 0.3) is 0 Å². The fourth-order valence-electron chi connectivity index (χ4n) is 2.50. The van der Waals surface area contributed by atoms with Crippen molar-refractivity contribution in [3.8, 4) is 0 Å². The maximum Gasteiger partial charge on any atom is 0.279 e. The van der Waals surface area contributed by atoms with Crippen LogP contribution in [-0.2, 0) is 12.8 Å². The number of aromatic nitrogens is 1. The van der Waals surface area contributed by atoms with Gasteiger partial charge in [0.1, 0.15) is 0 Å². The van der Waals surface area contributed by atoms with Gasteiger partial charge in [-0.2, -0.15) is 4.99 Å². The molecule has 128 valence electrons. The van der Waals surface area contributed by atoms with Crippen LogP contribution in [0.5, 0.6) is 0 Å². The average molecular weight is 369 g/mol. The molecule has 0 radical (unpaired) electrons. The van der Waals surface area contributed by atoms with Gasteiger partial charge in [0.25, 0.3) is 5.91 Å². The monoisotopic (exact) mass is 368 g/mol. The zero-order valence-corrected chi connectivity index (χ0v) is 16.2. The molecule has 0 spiro atoms. The SMILES string of the molecule is Cc1ccc(SCc2cccc(C(=O)N=c3sccn3C)c2)c(C)c1. The third-order valence-electron chi connectivity index (χ3n) is 3.86. The molecule has 0 fully saturated rings. The van der Waals surface area contributed by atoms with Crippen LogP contribution in [0.2, 0.25) is 0 Å². The fourth-order valence-corrected chi connectivity index (χ4v) is 4.18. The summed E-state index contributed by atoms with van der Waals surface area (Å²) in [7, 11) is 1.89. The third kappa shape index (κ3) is 4.50. The zero-order chi connectivity index (χ0) is 17.8. The fraction of sp³-hybridized carbons (Fsp3) is 0.200. The minimum atomic E-state index is -0.198. The zero-order valence-electron chi connectivity index (χ0n) is 14.5. The molecule has 1 aromatic heterocycles. The highest BCUT2D eigenvalue weighted by Gasteiger charge is 2.07. The van der Waals surface area contributed by atoms with Gasteiger partial charge >= 0.3 is 0 Å². The van der Waals surface area contributed by atoms with E-state index in [9.17, 15) is 4.79 Å². The predicted molar refractivity (Wildman–Crippen MR) is 105 cm³/mol. The normalized spacial score (nSPS) is 11.7. The van der Waals surface area contributed by atoms with Crippen molar-refractivity contribution in [2.75, 3.05) is 0 Å². The Morgan fingerprint density at radius 3 is 2.76 bits per heavy atom. The van der Waals surface area contributed by atoms with Gasteiger partial charge < -0.3 is 4.57 Å². The molecule has 0 saturated carbocycles. The third-order valence-corrected chi connectivity index (χ3v) is 5.95. The number of carbonyl (C=O) groups is 1. The van der Waals surface area contributed by atoms with E-state index >= 15 is 0 Å². The van der Waals surface area contributed by atoms with Gasteiger partial charge in [-0.3, -0.25) is 4.79 Å². The van der Waals surface area contributed by atoms with E-state index in [2.05, 4.69) is 43.1 Å². The molecule has 0 atom stereocenters. The Bertz CT molecular complexity index is 970. The molecule has 0 bridgehead atoms. The van der Waals surface area contributed by atoms with Crippen molar-refractivity contribution in [2.45, 2.75) is 24.5 Å². The first-order valence-corrected chi connectivity index (χ1v) is 9.87. The van der Waals surface area contributed by atoms with Gasteiger partial charge in [0.05, 0.1) is 0 Å². The van der Waals surface area contributed by atoms with Crippen molar-refractivity contribution in [1.29, 1.82) is 0 Å². The van der Waals surface area contributed by atoms with Gasteiger partial charge in [-0.05, 0) is 43.2 Å². The number of aryl methyl sites for hydroxylation is 3. The summed E-state index contributed by atoms with van der Waals surface area (Å²) in [6.07, 6.45) is 1.90. The molecule has 1 amide bonds. The van der Waals surface area contributed by atoms with E-state index < -0.39 is 0 Å². The first-order valence-electron chi connectivity index (χ1n) is 8.01. The quantitative estimate of drug-likeness (QED) is 0.624. The van der Waals surface area contributed by atoms with E-state index in [4.69, 9.17) is 0 Å². The molecular weight excluding hydrogens is 348 g/mol. The average Bonchev–Trinajstić information content (AvgIpc) is 2.99. The maximum absolute atomic E-state index is 12.4. The lowest BCUT2D eigenvalue weighted by Gasteiger charge is -2.07. The number of nitrogens with zero attached hydrogens (tertiary/aromatic N) is 2. The van der Waals surface area contributed by atoms with Crippen molar-refractivity contribution in [3.63, 3.8) is 0 Å². The molecular formula is C20H20N2OS2. The first-order chi connectivity index (χ1) is 12.0. The molecule has 3 rings (SSSR count). The molecule has 1 heterocycles. The highest BCUT2D eigenvalue weighted by molar-refractivity contribution is 7.98. The summed E-state index contributed by atoms with van der Waals surface area (Å²) in [5.74, 6) is 0.633. The standard InChI is InChI=1S/C20H20N2OS2/c1-14-7-8-18(15(2)11-14)25-13-16-5-4-6-17(12-16)19(23)21-20-22(3)9-10-24-20/h4-12H,13H2,1-3H3. The molecule has 25 heavy (non-hydrogen) atoms. The second-order valence-electron chi connectivity index (χ2n) is 5.97. The smallest absolute Gasteiger partial charge is 0.279 e. The van der Waals surface area contributed by atoms with Gasteiger partial charge in [0.2, 0.25) is 0 Å². The van der Waals surface area contributed by atoms with Gasteiger partial charge in [-0.15, -0.1) is 23.1 Å². The van der Waals surface area contributed by atoms with Crippen LogP contribution in [0.1, 0.15) is 27.0 Å². The van der Waals surface area contributed by atoms with E-state index in [0.29, 0.717) is 10.4 Å². The maximum atomic E-state index is 12.4. The second-order valence-corrected chi connectivity index (χ2v) is 7.86. The summed E-state index contributed by atoms with van der Waals surface area (Å²) < 4.78 is 1.85. The Kier molecular flexibility index (Phi) is 5.56. The van der Waals surface area contributed by atoms with Crippen molar-refractivity contribution < 1.29 is 4.79 Å². The van der Waals surface area contributed by atoms with Gasteiger partial charge in [0, 0.05) is 34.8 Å². The molecule has 0 N–H and O–H groups in total. The summed E-state index contributed by atoms with van der Waals surface area (Å²) in [5.41, 5.74) is 4.32. The first kappa shape index (κ1) is 17.7. The van der Waals surface area contributed by atoms with Crippen LogP contribution in [0.15, 0.2) is 63.9 Å². The molecule has 0 saturated heterocycles. The van der Waals surface area contributed by atoms with E-state index in [0.717, 1.165) is 11.3 Å². The number of amides is 1. The molecule has 0 aliphatic carbocycles. The van der Waals surface area contributed by atoms with Crippen molar-refractivity contribution in [2.24, 2.45) is 12.0 Å². The summed E-state index contributed by atoms with van der Waals surface area (Å²) in [4.78, 5) is 18.6. The van der Waals surface area contributed by atoms with E-state index in [-0.39, 0.29) is 5.91 Å². The minimum absolute atomic E-state index is 0.198. The Morgan fingerprint density at radius 2 is 2.04 bits per heavy atom. The van der Waals surface area contributed by atoms with Crippen molar-refractivity contribution in [3.05, 3.63) is 81.1 Å². The number of benzene rings is 2. The second kappa shape index (κ2) is 7.85. The van der Waals surface area contributed by atoms with Crippen molar-refractivity contribution >= 4 is 29.0 Å². The minimum Gasteiger partial charge on any atom is -0.327 e. The number of hydrogen-bond acceptors (Lipinski definition) is 3. The molecule has 3 nitrogen and oxygen atoms in total. The summed E-state index contributed by atoms with van der Waals surface area (Å²) in [6.45, 7) is 4.24. The highest BCUT2D eigenvalue weighted by Crippen LogP contribution is 2.27. The summed E-state index contributed by atoms with van der Waals surface area (Å²) >= 11 is 3.25. The van der Waals surface area contributed by atoms with Crippen LogP contribution >= 0.6 is 23.1 Å². The molecule has 0 unspecified atom stereocenters. The Morgan fingerprint density at radius 1 is 1.20 bits per heavy atom. The number of thiazole rings is 1. The largest absolute Gasteiger partial charge is 0.327 e. The predicted octanol–water partition coefficient (Wildman–Crippen LogP) is 4.74. The molecule has 5 heteroatoms. The Balaban J connectivity index is 1.75. The van der Waals surface area contributed by atoms with E-state index in [1.807, 2.05) is 41.4 Å². The summed E-state index contributed by atoms with van der Waals surface area (Å²) in [5, 5.41) is 1.92. The van der Waals surface area contributed by atoms with Crippen LogP contribution in [0, 0.1) is 13.8 Å². The number of rotatable bonds is 4. The number of carbonyl (C=O) groups excluding carboxylic acids is 1. The lowest BCUT2D eigenvalue weighted by Crippen LogP contribution is -2.12. The van der Waals surface area contributed by atoms with E-state index in [1.54, 1.807) is 11.8 Å². The number of hydrogen-bond donors (Lipinski definition) is 0. The Labute approximate surface area is 156 Å². The van der Waals surface area contributed by atoms with E-state index in [1.165, 1.54) is 27.4 Å². The number of thioether (sulfide) groups is 1. The lowest BCUT2D eigenvalue weighted by molar-refractivity contribution is 0.0998. The van der Waals surface area contributed by atoms with Crippen LogP contribution in [0.3, 0.4) is 0 Å². The summed E-state index contributed by atoms with van der Waals surface area (Å²) in [6, 6.07) is 14.2. The molecule has 3 aromatic rings. The highest BCUT2D eigenvalue weighted by atomic mass is 32.2. The van der Waals surface area contributed by atoms with Gasteiger partial charge in [-0.25, -0.2) is 0 Å². The van der Waals surface area contributed by atoms with Crippen LogP contribution in [-0.4, -0.2) is 10.5 Å².